The standard InChI is InChI=1S/C9H18O5Si/c1-12-15(13-2,14-3)9(6-8-11)5-4-7-10/h7-9H,4-6H2,1-3H3. The Morgan fingerprint density at radius 3 is 1.93 bits per heavy atom. The van der Waals surface area contributed by atoms with Gasteiger partial charge in [-0.2, -0.15) is 0 Å². The van der Waals surface area contributed by atoms with Crippen molar-refractivity contribution in [1.29, 1.82) is 0 Å². The molecule has 1 unspecified atom stereocenters. The molecular weight excluding hydrogens is 216 g/mol. The van der Waals surface area contributed by atoms with Gasteiger partial charge in [0.15, 0.2) is 0 Å². The molecule has 0 spiro atoms. The highest BCUT2D eigenvalue weighted by Gasteiger charge is 2.46. The molecule has 15 heavy (non-hydrogen) atoms. The first-order chi connectivity index (χ1) is 7.20. The fourth-order valence-electron chi connectivity index (χ4n) is 1.57. The van der Waals surface area contributed by atoms with Crippen LogP contribution in [0.15, 0.2) is 0 Å². The first kappa shape index (κ1) is 14.4. The quantitative estimate of drug-likeness (QED) is 0.436. The highest BCUT2D eigenvalue weighted by molar-refractivity contribution is 6.62. The van der Waals surface area contributed by atoms with Crippen molar-refractivity contribution in [3.05, 3.63) is 0 Å². The maximum Gasteiger partial charge on any atom is 0.503 e. The van der Waals surface area contributed by atoms with E-state index in [1.165, 1.54) is 21.3 Å². The average molecular weight is 234 g/mol. The van der Waals surface area contributed by atoms with Gasteiger partial charge >= 0.3 is 8.80 Å². The molecule has 0 aliphatic rings. The van der Waals surface area contributed by atoms with Gasteiger partial charge in [0.25, 0.3) is 0 Å². The number of hydrogen-bond donors (Lipinski definition) is 0. The normalized spacial score (nSPS) is 13.5. The van der Waals surface area contributed by atoms with Gasteiger partial charge in [0.05, 0.1) is 0 Å². The Morgan fingerprint density at radius 2 is 1.60 bits per heavy atom. The SMILES string of the molecule is CO[Si](OC)(OC)C(CC=O)CCC=O. The van der Waals surface area contributed by atoms with Crippen LogP contribution in [-0.2, 0) is 22.9 Å². The predicted molar refractivity (Wildman–Crippen MR) is 56.5 cm³/mol. The van der Waals surface area contributed by atoms with Crippen molar-refractivity contribution in [3.63, 3.8) is 0 Å². The van der Waals surface area contributed by atoms with Gasteiger partial charge in [0.2, 0.25) is 0 Å². The van der Waals surface area contributed by atoms with E-state index >= 15 is 0 Å². The van der Waals surface area contributed by atoms with Gasteiger partial charge in [-0.25, -0.2) is 0 Å². The van der Waals surface area contributed by atoms with Crippen LogP contribution in [0.25, 0.3) is 0 Å². The van der Waals surface area contributed by atoms with Crippen LogP contribution in [0.1, 0.15) is 19.3 Å². The van der Waals surface area contributed by atoms with Crippen molar-refractivity contribution in [2.45, 2.75) is 24.8 Å². The van der Waals surface area contributed by atoms with Crippen molar-refractivity contribution >= 4 is 21.4 Å². The Bertz CT molecular complexity index is 185. The summed E-state index contributed by atoms with van der Waals surface area (Å²) in [4.78, 5) is 20.9. The highest BCUT2D eigenvalue weighted by atomic mass is 28.4. The maximum atomic E-state index is 10.5. The average Bonchev–Trinajstić information content (AvgIpc) is 2.28. The zero-order chi connectivity index (χ0) is 11.7. The smallest absolute Gasteiger partial charge is 0.377 e. The molecule has 0 N–H and O–H groups in total. The van der Waals surface area contributed by atoms with Gasteiger partial charge in [-0.3, -0.25) is 0 Å². The van der Waals surface area contributed by atoms with Crippen LogP contribution >= 0.6 is 0 Å². The van der Waals surface area contributed by atoms with E-state index in [1.807, 2.05) is 0 Å². The summed E-state index contributed by atoms with van der Waals surface area (Å²) in [6.45, 7) is 0. The largest absolute Gasteiger partial charge is 0.503 e. The number of aldehydes is 2. The minimum absolute atomic E-state index is 0.153. The molecule has 0 rings (SSSR count). The van der Waals surface area contributed by atoms with Gasteiger partial charge in [0, 0.05) is 39.7 Å². The summed E-state index contributed by atoms with van der Waals surface area (Å²) in [5, 5.41) is 0. The Hall–Kier alpha value is -0.563. The molecule has 0 amide bonds. The summed E-state index contributed by atoms with van der Waals surface area (Å²) in [5.74, 6) is 0. The lowest BCUT2D eigenvalue weighted by molar-refractivity contribution is -0.109. The van der Waals surface area contributed by atoms with E-state index in [4.69, 9.17) is 13.3 Å². The Balaban J connectivity index is 4.63. The summed E-state index contributed by atoms with van der Waals surface area (Å²) in [5.41, 5.74) is -0.153. The highest BCUT2D eigenvalue weighted by Crippen LogP contribution is 2.30. The third-order valence-corrected chi connectivity index (χ3v) is 5.60. The van der Waals surface area contributed by atoms with Crippen molar-refractivity contribution in [1.82, 2.24) is 0 Å². The number of rotatable bonds is 9. The summed E-state index contributed by atoms with van der Waals surface area (Å²) in [6, 6.07) is 0. The second-order valence-electron chi connectivity index (χ2n) is 3.06. The molecule has 0 radical (unpaired) electrons. The van der Waals surface area contributed by atoms with E-state index < -0.39 is 8.80 Å². The summed E-state index contributed by atoms with van der Waals surface area (Å²) in [6.07, 6.45) is 2.83. The van der Waals surface area contributed by atoms with E-state index in [2.05, 4.69) is 0 Å². The molecule has 0 fully saturated rings. The lowest BCUT2D eigenvalue weighted by atomic mass is 10.2. The lowest BCUT2D eigenvalue weighted by Gasteiger charge is -2.31. The number of carbonyl (C=O) groups is 2. The molecule has 88 valence electrons. The molecule has 0 saturated carbocycles. The number of hydrogen-bond acceptors (Lipinski definition) is 5. The fraction of sp³-hybridized carbons (Fsp3) is 0.778. The summed E-state index contributed by atoms with van der Waals surface area (Å²) < 4.78 is 15.8. The van der Waals surface area contributed by atoms with Gasteiger partial charge in [0.1, 0.15) is 12.6 Å². The Labute approximate surface area is 91.1 Å². The molecule has 6 heteroatoms. The first-order valence-corrected chi connectivity index (χ1v) is 6.53. The molecule has 1 atom stereocenters. The molecule has 5 nitrogen and oxygen atoms in total. The van der Waals surface area contributed by atoms with Gasteiger partial charge in [-0.05, 0) is 6.42 Å². The van der Waals surface area contributed by atoms with Crippen LogP contribution in [0.4, 0.5) is 0 Å². The molecular formula is C9H18O5Si. The molecule has 0 aromatic carbocycles. The summed E-state index contributed by atoms with van der Waals surface area (Å²) in [7, 11) is 1.70. The fourth-order valence-corrected chi connectivity index (χ4v) is 3.98. The van der Waals surface area contributed by atoms with Crippen molar-refractivity contribution < 1.29 is 22.9 Å². The van der Waals surface area contributed by atoms with E-state index in [-0.39, 0.29) is 12.0 Å². The summed E-state index contributed by atoms with van der Waals surface area (Å²) >= 11 is 0. The van der Waals surface area contributed by atoms with E-state index in [0.717, 1.165) is 12.6 Å². The second kappa shape index (κ2) is 7.69. The van der Waals surface area contributed by atoms with Crippen LogP contribution in [0.3, 0.4) is 0 Å². The van der Waals surface area contributed by atoms with Crippen molar-refractivity contribution in [2.75, 3.05) is 21.3 Å². The maximum absolute atomic E-state index is 10.5. The van der Waals surface area contributed by atoms with Gasteiger partial charge in [-0.1, -0.05) is 0 Å². The zero-order valence-corrected chi connectivity index (χ0v) is 10.4. The van der Waals surface area contributed by atoms with Crippen LogP contribution in [0.5, 0.6) is 0 Å². The Morgan fingerprint density at radius 1 is 1.07 bits per heavy atom. The molecule has 0 bridgehead atoms. The van der Waals surface area contributed by atoms with E-state index in [1.54, 1.807) is 0 Å². The molecule has 0 aromatic rings. The molecule has 0 aliphatic heterocycles. The second-order valence-corrected chi connectivity index (χ2v) is 6.31. The third-order valence-electron chi connectivity index (χ3n) is 2.37. The van der Waals surface area contributed by atoms with Gasteiger partial charge in [-0.15, -0.1) is 0 Å². The predicted octanol–water partition coefficient (Wildman–Crippen LogP) is 0.803. The van der Waals surface area contributed by atoms with Gasteiger partial charge < -0.3 is 22.9 Å². The van der Waals surface area contributed by atoms with Crippen LogP contribution < -0.4 is 0 Å². The zero-order valence-electron chi connectivity index (χ0n) is 9.39. The minimum Gasteiger partial charge on any atom is -0.377 e. The topological polar surface area (TPSA) is 61.8 Å². The van der Waals surface area contributed by atoms with E-state index in [9.17, 15) is 9.59 Å². The minimum atomic E-state index is -2.80. The van der Waals surface area contributed by atoms with E-state index in [0.29, 0.717) is 12.8 Å². The Kier molecular flexibility index (Phi) is 7.40. The molecule has 0 saturated heterocycles. The monoisotopic (exact) mass is 234 g/mol. The van der Waals surface area contributed by atoms with Crippen LogP contribution in [0.2, 0.25) is 5.54 Å². The van der Waals surface area contributed by atoms with Crippen molar-refractivity contribution in [3.8, 4) is 0 Å². The molecule has 0 aliphatic carbocycles. The molecule has 0 heterocycles. The first-order valence-electron chi connectivity index (χ1n) is 4.73. The van der Waals surface area contributed by atoms with Crippen LogP contribution in [-0.4, -0.2) is 42.7 Å². The lowest BCUT2D eigenvalue weighted by Crippen LogP contribution is -2.47. The molecule has 0 aromatic heterocycles. The van der Waals surface area contributed by atoms with Crippen molar-refractivity contribution in [2.24, 2.45) is 0 Å². The third kappa shape index (κ3) is 3.82. The van der Waals surface area contributed by atoms with Crippen LogP contribution in [0, 0.1) is 0 Å². The number of carbonyl (C=O) groups excluding carboxylic acids is 2.